The van der Waals surface area contributed by atoms with Crippen molar-refractivity contribution in [2.45, 2.75) is 45.7 Å². The Morgan fingerprint density at radius 3 is 2.59 bits per heavy atom. The third kappa shape index (κ3) is 1.84. The molecule has 1 aliphatic carbocycles. The molecule has 0 saturated heterocycles. The number of benzene rings is 1. The molecule has 1 aromatic rings. The number of nitrogens with zero attached hydrogens (tertiary/aromatic N) is 2. The van der Waals surface area contributed by atoms with Gasteiger partial charge in [0.2, 0.25) is 0 Å². The molecule has 0 radical (unpaired) electrons. The van der Waals surface area contributed by atoms with Crippen LogP contribution >= 0.6 is 0 Å². The summed E-state index contributed by atoms with van der Waals surface area (Å²) in [4.78, 5) is 7.50. The van der Waals surface area contributed by atoms with E-state index in [1.165, 1.54) is 41.1 Å². The van der Waals surface area contributed by atoms with Crippen molar-refractivity contribution in [3.05, 3.63) is 52.9 Å². The molecule has 2 atom stereocenters. The monoisotopic (exact) mass is 293 g/mol. The average Bonchev–Trinajstić information content (AvgIpc) is 2.80. The van der Waals surface area contributed by atoms with Gasteiger partial charge in [0.1, 0.15) is 6.17 Å². The van der Waals surface area contributed by atoms with Gasteiger partial charge in [0.25, 0.3) is 0 Å². The predicted octanol–water partition coefficient (Wildman–Crippen LogP) is 3.98. The second-order valence-electron chi connectivity index (χ2n) is 6.58. The molecule has 1 aromatic carbocycles. The summed E-state index contributed by atoms with van der Waals surface area (Å²) in [5.41, 5.74) is 14.2. The van der Waals surface area contributed by atoms with Crippen molar-refractivity contribution in [3.8, 4) is 0 Å². The van der Waals surface area contributed by atoms with Gasteiger partial charge >= 0.3 is 0 Å². The van der Waals surface area contributed by atoms with Crippen molar-refractivity contribution < 1.29 is 0 Å². The molecule has 3 aliphatic rings. The Bertz CT molecular complexity index is 697. The molecule has 2 heterocycles. The largest absolute Gasteiger partial charge is 0.401 e. The first-order valence-electron chi connectivity index (χ1n) is 8.25. The Kier molecular flexibility index (Phi) is 3.10. The van der Waals surface area contributed by atoms with E-state index in [2.05, 4.69) is 49.1 Å². The summed E-state index contributed by atoms with van der Waals surface area (Å²) in [5.74, 6) is 0.247. The lowest BCUT2D eigenvalue weighted by Crippen LogP contribution is -2.40. The maximum Gasteiger partial charge on any atom is 0.137 e. The molecule has 0 aromatic heterocycles. The fourth-order valence-corrected chi connectivity index (χ4v) is 4.14. The molecule has 2 N–H and O–H groups in total. The van der Waals surface area contributed by atoms with E-state index >= 15 is 0 Å². The van der Waals surface area contributed by atoms with Crippen molar-refractivity contribution in [1.82, 2.24) is 0 Å². The first kappa shape index (κ1) is 13.6. The molecular formula is C19H23N3. The molecule has 0 spiro atoms. The number of para-hydroxylation sites is 1. The lowest BCUT2D eigenvalue weighted by Gasteiger charge is -2.35. The summed E-state index contributed by atoms with van der Waals surface area (Å²) in [7, 11) is 0. The fraction of sp³-hybridized carbons (Fsp3) is 0.421. The molecular weight excluding hydrogens is 270 g/mol. The van der Waals surface area contributed by atoms with Crippen LogP contribution in [-0.2, 0) is 0 Å². The molecule has 0 amide bonds. The van der Waals surface area contributed by atoms with Gasteiger partial charge in [-0.2, -0.15) is 0 Å². The Labute approximate surface area is 132 Å². The van der Waals surface area contributed by atoms with Gasteiger partial charge in [-0.15, -0.1) is 0 Å². The third-order valence-corrected chi connectivity index (χ3v) is 5.41. The first-order valence-corrected chi connectivity index (χ1v) is 8.25. The highest BCUT2D eigenvalue weighted by atomic mass is 15.3. The SMILES string of the molecule is CC1=C(C)N(c2ccccc2)C2N=C3CCCCC3=C(N)C12. The van der Waals surface area contributed by atoms with Crippen LogP contribution in [0.25, 0.3) is 0 Å². The number of hydrogen-bond acceptors (Lipinski definition) is 3. The van der Waals surface area contributed by atoms with Gasteiger partial charge in [0, 0.05) is 22.8 Å². The van der Waals surface area contributed by atoms with Crippen LogP contribution in [0.4, 0.5) is 5.69 Å². The van der Waals surface area contributed by atoms with Crippen molar-refractivity contribution in [1.29, 1.82) is 0 Å². The van der Waals surface area contributed by atoms with Gasteiger partial charge in [0.15, 0.2) is 0 Å². The molecule has 4 rings (SSSR count). The number of aliphatic imine (C=N–C) groups is 1. The van der Waals surface area contributed by atoms with E-state index in [4.69, 9.17) is 10.7 Å². The van der Waals surface area contributed by atoms with E-state index in [-0.39, 0.29) is 12.1 Å². The topological polar surface area (TPSA) is 41.6 Å². The van der Waals surface area contributed by atoms with Crippen LogP contribution in [0.1, 0.15) is 39.5 Å². The third-order valence-electron chi connectivity index (χ3n) is 5.41. The average molecular weight is 293 g/mol. The van der Waals surface area contributed by atoms with Crippen LogP contribution in [0.3, 0.4) is 0 Å². The predicted molar refractivity (Wildman–Crippen MR) is 91.7 cm³/mol. The molecule has 1 saturated carbocycles. The second kappa shape index (κ2) is 5.01. The number of nitrogens with two attached hydrogens (primary N) is 1. The molecule has 3 nitrogen and oxygen atoms in total. The van der Waals surface area contributed by atoms with Crippen LogP contribution < -0.4 is 10.6 Å². The molecule has 3 heteroatoms. The van der Waals surface area contributed by atoms with Gasteiger partial charge in [-0.25, -0.2) is 0 Å². The van der Waals surface area contributed by atoms with Crippen LogP contribution in [0.2, 0.25) is 0 Å². The van der Waals surface area contributed by atoms with E-state index in [0.29, 0.717) is 0 Å². The Morgan fingerprint density at radius 2 is 1.82 bits per heavy atom. The van der Waals surface area contributed by atoms with Gasteiger partial charge in [-0.1, -0.05) is 18.2 Å². The van der Waals surface area contributed by atoms with Gasteiger partial charge in [-0.3, -0.25) is 4.99 Å². The highest BCUT2D eigenvalue weighted by Gasteiger charge is 2.43. The highest BCUT2D eigenvalue weighted by Crippen LogP contribution is 2.45. The smallest absolute Gasteiger partial charge is 0.137 e. The normalized spacial score (nSPS) is 27.7. The van der Waals surface area contributed by atoms with E-state index in [0.717, 1.165) is 18.5 Å². The number of dihydropyridines is 1. The quantitative estimate of drug-likeness (QED) is 0.850. The van der Waals surface area contributed by atoms with Crippen LogP contribution in [0.5, 0.6) is 0 Å². The number of hydrogen-bond donors (Lipinski definition) is 1. The molecule has 114 valence electrons. The number of allylic oxidation sites excluding steroid dienone is 2. The van der Waals surface area contributed by atoms with Crippen LogP contribution in [0, 0.1) is 5.92 Å². The summed E-state index contributed by atoms with van der Waals surface area (Å²) in [6.45, 7) is 4.41. The highest BCUT2D eigenvalue weighted by molar-refractivity contribution is 6.02. The van der Waals surface area contributed by atoms with E-state index < -0.39 is 0 Å². The van der Waals surface area contributed by atoms with E-state index in [1.807, 2.05) is 0 Å². The van der Waals surface area contributed by atoms with Gasteiger partial charge in [-0.05, 0) is 62.8 Å². The standard InChI is InChI=1S/C19H23N3/c1-12-13(2)22(14-8-4-3-5-9-14)19-17(12)18(20)15-10-6-7-11-16(15)21-19/h3-5,8-9,17,19H,6-7,10-11,20H2,1-2H3. The Balaban J connectivity index is 1.82. The molecule has 22 heavy (non-hydrogen) atoms. The summed E-state index contributed by atoms with van der Waals surface area (Å²) >= 11 is 0. The lowest BCUT2D eigenvalue weighted by atomic mass is 9.82. The number of fused-ring (bicyclic) bond motifs is 2. The van der Waals surface area contributed by atoms with Crippen molar-refractivity contribution in [2.75, 3.05) is 4.90 Å². The molecule has 2 aliphatic heterocycles. The van der Waals surface area contributed by atoms with Crippen molar-refractivity contribution in [2.24, 2.45) is 16.6 Å². The van der Waals surface area contributed by atoms with Gasteiger partial charge in [0.05, 0.1) is 5.92 Å². The number of anilines is 1. The summed E-state index contributed by atoms with van der Waals surface area (Å²) in [5, 5.41) is 0. The first-order chi connectivity index (χ1) is 10.7. The number of rotatable bonds is 1. The Hall–Kier alpha value is -2.03. The lowest BCUT2D eigenvalue weighted by molar-refractivity contribution is 0.546. The van der Waals surface area contributed by atoms with Crippen molar-refractivity contribution in [3.63, 3.8) is 0 Å². The molecule has 0 bridgehead atoms. The maximum atomic E-state index is 6.61. The summed E-state index contributed by atoms with van der Waals surface area (Å²) in [6.07, 6.45) is 4.78. The minimum Gasteiger partial charge on any atom is -0.401 e. The zero-order valence-corrected chi connectivity index (χ0v) is 13.3. The molecule has 1 fully saturated rings. The van der Waals surface area contributed by atoms with E-state index in [9.17, 15) is 0 Å². The Morgan fingerprint density at radius 1 is 1.09 bits per heavy atom. The van der Waals surface area contributed by atoms with Crippen LogP contribution in [0.15, 0.2) is 57.9 Å². The van der Waals surface area contributed by atoms with Gasteiger partial charge < -0.3 is 10.6 Å². The minimum absolute atomic E-state index is 0.110. The molecule has 2 unspecified atom stereocenters. The van der Waals surface area contributed by atoms with E-state index in [1.54, 1.807) is 0 Å². The zero-order chi connectivity index (χ0) is 15.3. The minimum atomic E-state index is 0.110. The van der Waals surface area contributed by atoms with Crippen molar-refractivity contribution >= 4 is 11.4 Å². The fourth-order valence-electron chi connectivity index (χ4n) is 4.14. The van der Waals surface area contributed by atoms with Crippen LogP contribution in [-0.4, -0.2) is 11.9 Å². The summed E-state index contributed by atoms with van der Waals surface area (Å²) in [6, 6.07) is 10.6. The zero-order valence-electron chi connectivity index (χ0n) is 13.3. The summed E-state index contributed by atoms with van der Waals surface area (Å²) < 4.78 is 0. The maximum absolute atomic E-state index is 6.61. The second-order valence-corrected chi connectivity index (χ2v) is 6.58.